The fraction of sp³-hybridized carbons (Fsp3) is 0.818. The summed E-state index contributed by atoms with van der Waals surface area (Å²) in [5.74, 6) is 1.48. The largest absolute Gasteiger partial charge is 0.342 e. The zero-order valence-electron chi connectivity index (χ0n) is 9.47. The lowest BCUT2D eigenvalue weighted by molar-refractivity contribution is -0.124. The number of aliphatic imine (C=N–C) groups is 1. The average molecular weight is 209 g/mol. The van der Waals surface area contributed by atoms with E-state index in [1.54, 1.807) is 7.05 Å². The Balaban J connectivity index is 2.15. The van der Waals surface area contributed by atoms with Gasteiger partial charge in [0, 0.05) is 7.05 Å². The van der Waals surface area contributed by atoms with E-state index in [1.807, 2.05) is 0 Å². The monoisotopic (exact) mass is 209 g/mol. The van der Waals surface area contributed by atoms with Crippen LogP contribution in [0.25, 0.3) is 0 Å². The summed E-state index contributed by atoms with van der Waals surface area (Å²) in [4.78, 5) is 15.9. The fourth-order valence-corrected chi connectivity index (χ4v) is 2.52. The molecule has 1 saturated heterocycles. The van der Waals surface area contributed by atoms with E-state index in [4.69, 9.17) is 0 Å². The molecule has 2 atom stereocenters. The Hall–Kier alpha value is -1.06. The van der Waals surface area contributed by atoms with Gasteiger partial charge >= 0.3 is 0 Å². The first kappa shape index (κ1) is 10.5. The number of amides is 1. The Labute approximate surface area is 90.5 Å². The lowest BCUT2D eigenvalue weighted by atomic mass is 9.90. The van der Waals surface area contributed by atoms with Crippen LogP contribution in [0.1, 0.15) is 39.0 Å². The van der Waals surface area contributed by atoms with E-state index in [9.17, 15) is 4.79 Å². The van der Waals surface area contributed by atoms with Crippen LogP contribution in [0.5, 0.6) is 0 Å². The highest BCUT2D eigenvalue weighted by molar-refractivity contribution is 6.08. The molecule has 4 heteroatoms. The van der Waals surface area contributed by atoms with E-state index in [1.165, 1.54) is 6.42 Å². The van der Waals surface area contributed by atoms with Gasteiger partial charge in [0.25, 0.3) is 5.91 Å². The van der Waals surface area contributed by atoms with Crippen molar-refractivity contribution in [3.05, 3.63) is 0 Å². The molecule has 0 aromatic rings. The number of carbonyl (C=O) groups is 1. The second-order valence-corrected chi connectivity index (χ2v) is 4.77. The van der Waals surface area contributed by atoms with Crippen LogP contribution >= 0.6 is 0 Å². The molecule has 2 fully saturated rings. The van der Waals surface area contributed by atoms with Crippen molar-refractivity contribution in [1.29, 1.82) is 0 Å². The van der Waals surface area contributed by atoms with E-state index < -0.39 is 0 Å². The molecule has 84 valence electrons. The van der Waals surface area contributed by atoms with E-state index in [-0.39, 0.29) is 11.4 Å². The molecule has 2 aliphatic rings. The van der Waals surface area contributed by atoms with Gasteiger partial charge in [0.2, 0.25) is 0 Å². The van der Waals surface area contributed by atoms with Gasteiger partial charge in [0.05, 0.1) is 0 Å². The van der Waals surface area contributed by atoms with E-state index in [0.29, 0.717) is 5.96 Å². The predicted octanol–water partition coefficient (Wildman–Crippen LogP) is 1.03. The van der Waals surface area contributed by atoms with Crippen LogP contribution in [0.15, 0.2) is 4.99 Å². The van der Waals surface area contributed by atoms with Crippen molar-refractivity contribution in [3.63, 3.8) is 0 Å². The number of rotatable bonds is 0. The Morgan fingerprint density at radius 3 is 2.87 bits per heavy atom. The molecule has 0 aromatic heterocycles. The molecule has 15 heavy (non-hydrogen) atoms. The number of guanidine groups is 1. The van der Waals surface area contributed by atoms with Crippen molar-refractivity contribution < 1.29 is 4.79 Å². The van der Waals surface area contributed by atoms with Crippen LogP contribution in [-0.2, 0) is 4.79 Å². The maximum atomic E-state index is 11.9. The first-order valence-electron chi connectivity index (χ1n) is 5.73. The summed E-state index contributed by atoms with van der Waals surface area (Å²) in [6.45, 7) is 2.26. The van der Waals surface area contributed by atoms with Gasteiger partial charge in [0.1, 0.15) is 5.54 Å². The highest BCUT2D eigenvalue weighted by atomic mass is 16.2. The lowest BCUT2D eigenvalue weighted by Gasteiger charge is -2.24. The molecule has 2 N–H and O–H groups in total. The van der Waals surface area contributed by atoms with Crippen molar-refractivity contribution in [2.45, 2.75) is 44.6 Å². The van der Waals surface area contributed by atoms with Crippen LogP contribution in [-0.4, -0.2) is 24.5 Å². The van der Waals surface area contributed by atoms with Crippen LogP contribution in [0.3, 0.4) is 0 Å². The van der Waals surface area contributed by atoms with Crippen LogP contribution in [0, 0.1) is 5.92 Å². The second kappa shape index (κ2) is 3.83. The molecular weight excluding hydrogens is 190 g/mol. The molecule has 2 unspecified atom stereocenters. The van der Waals surface area contributed by atoms with Gasteiger partial charge in [-0.05, 0) is 25.2 Å². The topological polar surface area (TPSA) is 53.5 Å². The highest BCUT2D eigenvalue weighted by Crippen LogP contribution is 2.32. The number of hydrogen-bond donors (Lipinski definition) is 2. The summed E-state index contributed by atoms with van der Waals surface area (Å²) in [5, 5.41) is 6.06. The molecule has 1 amide bonds. The molecule has 0 aromatic carbocycles. The second-order valence-electron chi connectivity index (χ2n) is 4.77. The SMILES string of the molecule is CN=C1NC(=O)C2(CCCC(C)CC2)N1. The molecule has 1 heterocycles. The molecule has 1 aliphatic heterocycles. The molecular formula is C11H19N3O. The maximum absolute atomic E-state index is 11.9. The van der Waals surface area contributed by atoms with Gasteiger partial charge in [-0.1, -0.05) is 19.8 Å². The summed E-state index contributed by atoms with van der Waals surface area (Å²) < 4.78 is 0. The Kier molecular flexibility index (Phi) is 2.67. The van der Waals surface area contributed by atoms with Crippen LogP contribution in [0.2, 0.25) is 0 Å². The average Bonchev–Trinajstić information content (AvgIpc) is 2.40. The quantitative estimate of drug-likeness (QED) is 0.626. The first-order chi connectivity index (χ1) is 7.16. The molecule has 1 saturated carbocycles. The summed E-state index contributed by atoms with van der Waals surface area (Å²) in [7, 11) is 1.70. The van der Waals surface area contributed by atoms with Gasteiger partial charge in [-0.25, -0.2) is 0 Å². The van der Waals surface area contributed by atoms with Gasteiger partial charge < -0.3 is 5.32 Å². The smallest absolute Gasteiger partial charge is 0.252 e. The minimum absolute atomic E-state index is 0.109. The number of carbonyl (C=O) groups excluding carboxylic acids is 1. The Morgan fingerprint density at radius 1 is 1.40 bits per heavy atom. The standard InChI is InChI=1S/C11H19N3O/c1-8-4-3-6-11(7-5-8)9(15)13-10(12-2)14-11/h8H,3-7H2,1-2H3,(H2,12,13,14,15). The maximum Gasteiger partial charge on any atom is 0.252 e. The molecule has 4 nitrogen and oxygen atoms in total. The third-order valence-electron chi connectivity index (χ3n) is 3.61. The summed E-state index contributed by atoms with van der Waals surface area (Å²) in [5.41, 5.74) is -0.362. The van der Waals surface area contributed by atoms with Crippen molar-refractivity contribution in [2.24, 2.45) is 10.9 Å². The number of hydrogen-bond acceptors (Lipinski definition) is 2. The van der Waals surface area contributed by atoms with Gasteiger partial charge in [-0.15, -0.1) is 0 Å². The Bertz CT molecular complexity index is 300. The summed E-state index contributed by atoms with van der Waals surface area (Å²) in [6, 6.07) is 0. The minimum Gasteiger partial charge on any atom is -0.342 e. The van der Waals surface area contributed by atoms with Gasteiger partial charge in [-0.3, -0.25) is 15.1 Å². The Morgan fingerprint density at radius 2 is 2.20 bits per heavy atom. The normalized spacial score (nSPS) is 38.9. The predicted molar refractivity (Wildman–Crippen MR) is 59.6 cm³/mol. The molecule has 2 rings (SSSR count). The first-order valence-corrected chi connectivity index (χ1v) is 5.73. The van der Waals surface area contributed by atoms with E-state index in [2.05, 4.69) is 22.5 Å². The van der Waals surface area contributed by atoms with Crippen LogP contribution in [0.4, 0.5) is 0 Å². The van der Waals surface area contributed by atoms with Gasteiger partial charge in [0.15, 0.2) is 5.96 Å². The molecule has 0 radical (unpaired) electrons. The zero-order chi connectivity index (χ0) is 10.9. The fourth-order valence-electron chi connectivity index (χ4n) is 2.52. The summed E-state index contributed by atoms with van der Waals surface area (Å²) in [6.07, 6.45) is 5.34. The third kappa shape index (κ3) is 1.85. The lowest BCUT2D eigenvalue weighted by Crippen LogP contribution is -2.46. The van der Waals surface area contributed by atoms with E-state index >= 15 is 0 Å². The van der Waals surface area contributed by atoms with Crippen molar-refractivity contribution in [2.75, 3.05) is 7.05 Å². The summed E-state index contributed by atoms with van der Waals surface area (Å²) >= 11 is 0. The third-order valence-corrected chi connectivity index (χ3v) is 3.61. The van der Waals surface area contributed by atoms with Gasteiger partial charge in [-0.2, -0.15) is 0 Å². The van der Waals surface area contributed by atoms with Crippen molar-refractivity contribution in [1.82, 2.24) is 10.6 Å². The van der Waals surface area contributed by atoms with Crippen molar-refractivity contribution >= 4 is 11.9 Å². The molecule has 1 spiro atoms. The highest BCUT2D eigenvalue weighted by Gasteiger charge is 2.45. The molecule has 1 aliphatic carbocycles. The minimum atomic E-state index is -0.362. The van der Waals surface area contributed by atoms with Crippen LogP contribution < -0.4 is 10.6 Å². The molecule has 0 bridgehead atoms. The van der Waals surface area contributed by atoms with Crippen molar-refractivity contribution in [3.8, 4) is 0 Å². The zero-order valence-corrected chi connectivity index (χ0v) is 9.47. The van der Waals surface area contributed by atoms with E-state index in [0.717, 1.165) is 31.6 Å². The number of nitrogens with one attached hydrogen (secondary N) is 2. The number of nitrogens with zero attached hydrogens (tertiary/aromatic N) is 1.